The molecule has 1 aliphatic heterocycles. The predicted molar refractivity (Wildman–Crippen MR) is 131 cm³/mol. The second kappa shape index (κ2) is 10.1. The maximum Gasteiger partial charge on any atom is 0.335 e. The number of carboxylic acids is 1. The summed E-state index contributed by atoms with van der Waals surface area (Å²) in [5, 5.41) is 9.11. The molecule has 1 saturated heterocycles. The van der Waals surface area contributed by atoms with Crippen molar-refractivity contribution in [1.82, 2.24) is 9.97 Å². The number of hydrogen-bond donors (Lipinski definition) is 1. The van der Waals surface area contributed by atoms with E-state index in [4.69, 9.17) is 9.84 Å². The van der Waals surface area contributed by atoms with Crippen molar-refractivity contribution in [1.29, 1.82) is 0 Å². The van der Waals surface area contributed by atoms with E-state index in [-0.39, 0.29) is 5.56 Å². The van der Waals surface area contributed by atoms with E-state index >= 15 is 0 Å². The SMILES string of the molecule is C/C=C1/OCCC/C1=C(C)\C=C\c1ccnc(-c2cc(-c3ccc(C(=O)O)cc3)ccn2)c1. The molecule has 166 valence electrons. The first-order valence-corrected chi connectivity index (χ1v) is 11.0. The van der Waals surface area contributed by atoms with Crippen molar-refractivity contribution in [2.24, 2.45) is 0 Å². The summed E-state index contributed by atoms with van der Waals surface area (Å²) in [6.07, 6.45) is 11.8. The molecule has 0 spiro atoms. The molecule has 1 fully saturated rings. The highest BCUT2D eigenvalue weighted by atomic mass is 16.5. The van der Waals surface area contributed by atoms with Gasteiger partial charge in [0.1, 0.15) is 5.76 Å². The van der Waals surface area contributed by atoms with Crippen LogP contribution in [-0.4, -0.2) is 27.7 Å². The Bertz CT molecular complexity index is 1250. The highest BCUT2D eigenvalue weighted by molar-refractivity contribution is 5.88. The second-order valence-electron chi connectivity index (χ2n) is 7.89. The van der Waals surface area contributed by atoms with Gasteiger partial charge in [-0.05, 0) is 97.0 Å². The Balaban J connectivity index is 1.59. The van der Waals surface area contributed by atoms with E-state index < -0.39 is 5.97 Å². The molecule has 3 aromatic rings. The summed E-state index contributed by atoms with van der Waals surface area (Å²) in [7, 11) is 0. The monoisotopic (exact) mass is 438 g/mol. The molecule has 5 nitrogen and oxygen atoms in total. The van der Waals surface area contributed by atoms with Crippen LogP contribution < -0.4 is 0 Å². The highest BCUT2D eigenvalue weighted by Gasteiger charge is 2.13. The van der Waals surface area contributed by atoms with Gasteiger partial charge < -0.3 is 9.84 Å². The number of rotatable bonds is 5. The van der Waals surface area contributed by atoms with Gasteiger partial charge in [0.2, 0.25) is 0 Å². The molecule has 0 amide bonds. The summed E-state index contributed by atoms with van der Waals surface area (Å²) >= 11 is 0. The molecule has 0 saturated carbocycles. The zero-order chi connectivity index (χ0) is 23.2. The van der Waals surface area contributed by atoms with Gasteiger partial charge >= 0.3 is 5.97 Å². The summed E-state index contributed by atoms with van der Waals surface area (Å²) in [6.45, 7) is 4.91. The van der Waals surface area contributed by atoms with Gasteiger partial charge in [-0.1, -0.05) is 24.3 Å². The van der Waals surface area contributed by atoms with Crippen molar-refractivity contribution < 1.29 is 14.6 Å². The molecule has 2 aromatic heterocycles. The van der Waals surface area contributed by atoms with E-state index in [9.17, 15) is 4.79 Å². The van der Waals surface area contributed by atoms with E-state index in [1.165, 1.54) is 11.1 Å². The summed E-state index contributed by atoms with van der Waals surface area (Å²) in [5.74, 6) is 0.0473. The van der Waals surface area contributed by atoms with Crippen LogP contribution in [0.15, 0.2) is 90.0 Å². The largest absolute Gasteiger partial charge is 0.494 e. The lowest BCUT2D eigenvalue weighted by atomic mass is 9.99. The minimum atomic E-state index is -0.935. The maximum absolute atomic E-state index is 11.1. The Morgan fingerprint density at radius 1 is 1.00 bits per heavy atom. The average molecular weight is 439 g/mol. The molecule has 0 unspecified atom stereocenters. The summed E-state index contributed by atoms with van der Waals surface area (Å²) < 4.78 is 5.78. The molecular weight excluding hydrogens is 412 g/mol. The number of hydrogen-bond acceptors (Lipinski definition) is 4. The smallest absolute Gasteiger partial charge is 0.335 e. The zero-order valence-corrected chi connectivity index (χ0v) is 18.8. The second-order valence-corrected chi connectivity index (χ2v) is 7.89. The first-order valence-electron chi connectivity index (χ1n) is 11.0. The number of aromatic carboxylic acids is 1. The van der Waals surface area contributed by atoms with Crippen molar-refractivity contribution in [3.8, 4) is 22.5 Å². The lowest BCUT2D eigenvalue weighted by Crippen LogP contribution is -2.07. The molecule has 33 heavy (non-hydrogen) atoms. The summed E-state index contributed by atoms with van der Waals surface area (Å²) in [5.41, 5.74) is 7.19. The molecule has 0 bridgehead atoms. The van der Waals surface area contributed by atoms with Crippen molar-refractivity contribution in [3.05, 3.63) is 101 Å². The van der Waals surface area contributed by atoms with Crippen LogP contribution in [0.2, 0.25) is 0 Å². The fourth-order valence-corrected chi connectivity index (χ4v) is 3.86. The highest BCUT2D eigenvalue weighted by Crippen LogP contribution is 2.28. The van der Waals surface area contributed by atoms with Gasteiger partial charge in [-0.25, -0.2) is 4.79 Å². The van der Waals surface area contributed by atoms with Crippen molar-refractivity contribution in [2.45, 2.75) is 26.7 Å². The van der Waals surface area contributed by atoms with Crippen LogP contribution in [-0.2, 0) is 4.74 Å². The van der Waals surface area contributed by atoms with Gasteiger partial charge in [-0.15, -0.1) is 0 Å². The fourth-order valence-electron chi connectivity index (χ4n) is 3.86. The predicted octanol–water partition coefficient (Wildman–Crippen LogP) is 6.55. The van der Waals surface area contributed by atoms with E-state index in [0.29, 0.717) is 0 Å². The molecule has 3 heterocycles. The molecule has 0 atom stereocenters. The van der Waals surface area contributed by atoms with Gasteiger partial charge in [-0.3, -0.25) is 9.97 Å². The third-order valence-corrected chi connectivity index (χ3v) is 5.66. The van der Waals surface area contributed by atoms with Crippen LogP contribution >= 0.6 is 0 Å². The van der Waals surface area contributed by atoms with Gasteiger partial charge in [0.05, 0.1) is 23.6 Å². The van der Waals surface area contributed by atoms with Crippen LogP contribution in [0.1, 0.15) is 42.6 Å². The number of aromatic nitrogens is 2. The standard InChI is InChI=1S/C28H26N2O3/c1-3-27-24(5-4-16-33-27)19(2)6-7-20-12-14-29-25(17-20)26-18-23(13-15-30-26)21-8-10-22(11-9-21)28(31)32/h3,6-15,17-18H,4-5,16H2,1-2H3,(H,31,32)/b7-6+,24-19+,27-3+. The quantitative estimate of drug-likeness (QED) is 0.489. The topological polar surface area (TPSA) is 72.3 Å². The van der Waals surface area contributed by atoms with Gasteiger partial charge in [0.25, 0.3) is 0 Å². The molecule has 1 aliphatic rings. The first kappa shape index (κ1) is 22.2. The first-order chi connectivity index (χ1) is 16.0. The van der Waals surface area contributed by atoms with Gasteiger partial charge in [-0.2, -0.15) is 0 Å². The minimum absolute atomic E-state index is 0.265. The number of carboxylic acid groups (broad SMARTS) is 1. The Kier molecular flexibility index (Phi) is 6.79. The molecule has 0 aliphatic carbocycles. The normalized spacial score (nSPS) is 16.6. The molecule has 1 aromatic carbocycles. The minimum Gasteiger partial charge on any atom is -0.494 e. The Morgan fingerprint density at radius 3 is 2.45 bits per heavy atom. The maximum atomic E-state index is 11.1. The summed E-state index contributed by atoms with van der Waals surface area (Å²) in [4.78, 5) is 20.1. The fraction of sp³-hybridized carbons (Fsp3) is 0.179. The lowest BCUT2D eigenvalue weighted by molar-refractivity contribution is 0.0697. The van der Waals surface area contributed by atoms with E-state index in [0.717, 1.165) is 53.3 Å². The number of allylic oxidation sites excluding steroid dienone is 4. The number of benzene rings is 1. The Hall–Kier alpha value is -3.99. The van der Waals surface area contributed by atoms with Crippen LogP contribution in [0.3, 0.4) is 0 Å². The number of pyridine rings is 2. The molecule has 1 N–H and O–H groups in total. The Labute approximate surface area is 193 Å². The molecule has 4 rings (SSSR count). The Morgan fingerprint density at radius 2 is 1.73 bits per heavy atom. The third kappa shape index (κ3) is 5.26. The van der Waals surface area contributed by atoms with E-state index in [2.05, 4.69) is 29.0 Å². The molecule has 5 heteroatoms. The third-order valence-electron chi connectivity index (χ3n) is 5.66. The lowest BCUT2D eigenvalue weighted by Gasteiger charge is -2.21. The van der Waals surface area contributed by atoms with Gasteiger partial charge in [0.15, 0.2) is 0 Å². The number of carbonyl (C=O) groups is 1. The van der Waals surface area contributed by atoms with Crippen molar-refractivity contribution in [3.63, 3.8) is 0 Å². The summed E-state index contributed by atoms with van der Waals surface area (Å²) in [6, 6.07) is 14.7. The molecular formula is C28H26N2O3. The zero-order valence-electron chi connectivity index (χ0n) is 18.8. The van der Waals surface area contributed by atoms with E-state index in [1.54, 1.807) is 36.7 Å². The van der Waals surface area contributed by atoms with Crippen molar-refractivity contribution >= 4 is 12.0 Å². The van der Waals surface area contributed by atoms with Crippen molar-refractivity contribution in [2.75, 3.05) is 6.61 Å². The average Bonchev–Trinajstić information content (AvgIpc) is 2.87. The van der Waals surface area contributed by atoms with Crippen LogP contribution in [0, 0.1) is 0 Å². The van der Waals surface area contributed by atoms with Crippen LogP contribution in [0.5, 0.6) is 0 Å². The number of nitrogens with zero attached hydrogens (tertiary/aromatic N) is 2. The van der Waals surface area contributed by atoms with E-state index in [1.807, 2.05) is 37.3 Å². The van der Waals surface area contributed by atoms with Crippen LogP contribution in [0.25, 0.3) is 28.6 Å². The van der Waals surface area contributed by atoms with Gasteiger partial charge in [0, 0.05) is 12.4 Å². The number of ether oxygens (including phenoxy) is 1. The molecule has 0 radical (unpaired) electrons. The van der Waals surface area contributed by atoms with Crippen LogP contribution in [0.4, 0.5) is 0 Å².